The topological polar surface area (TPSA) is 46.2 Å². The van der Waals surface area contributed by atoms with Gasteiger partial charge in [-0.3, -0.25) is 0 Å². The average Bonchev–Trinajstić information content (AvgIpc) is 2.48. The van der Waals surface area contributed by atoms with Gasteiger partial charge in [-0.15, -0.1) is 11.6 Å². The molecule has 112 valence electrons. The zero-order valence-electron chi connectivity index (χ0n) is 10.8. The Morgan fingerprint density at radius 2 is 1.67 bits per heavy atom. The largest absolute Gasteiger partial charge is 0.240 e. The third-order valence-corrected chi connectivity index (χ3v) is 5.38. The van der Waals surface area contributed by atoms with Gasteiger partial charge in [0.25, 0.3) is 0 Å². The second-order valence-corrected chi connectivity index (χ2v) is 7.41. The summed E-state index contributed by atoms with van der Waals surface area (Å²) in [4.78, 5) is 0.0498. The van der Waals surface area contributed by atoms with Crippen molar-refractivity contribution in [2.24, 2.45) is 0 Å². The first-order valence-corrected chi connectivity index (χ1v) is 8.71. The fraction of sp³-hybridized carbons (Fsp3) is 0.143. The van der Waals surface area contributed by atoms with E-state index in [-0.39, 0.29) is 16.5 Å². The number of halogens is 3. The van der Waals surface area contributed by atoms with E-state index in [1.807, 2.05) is 30.3 Å². The number of alkyl halides is 1. The van der Waals surface area contributed by atoms with E-state index in [1.54, 1.807) is 0 Å². The number of benzene rings is 2. The Balaban J connectivity index is 2.09. The number of hydrogen-bond acceptors (Lipinski definition) is 2. The summed E-state index contributed by atoms with van der Waals surface area (Å²) in [5, 5.41) is 0.0314. The van der Waals surface area contributed by atoms with Crippen molar-refractivity contribution in [3.63, 3.8) is 0 Å². The second-order valence-electron chi connectivity index (χ2n) is 4.31. The molecule has 0 aromatic heterocycles. The van der Waals surface area contributed by atoms with Crippen LogP contribution in [-0.2, 0) is 10.0 Å². The molecule has 2 rings (SSSR count). The molecular weight excluding hydrogens is 353 g/mol. The van der Waals surface area contributed by atoms with Crippen LogP contribution in [0.4, 0.5) is 0 Å². The van der Waals surface area contributed by atoms with Gasteiger partial charge in [-0.1, -0.05) is 53.5 Å². The Morgan fingerprint density at radius 3 is 2.29 bits per heavy atom. The Labute approximate surface area is 138 Å². The highest BCUT2D eigenvalue weighted by Gasteiger charge is 2.17. The minimum atomic E-state index is -3.68. The molecule has 2 aromatic carbocycles. The van der Waals surface area contributed by atoms with Crippen molar-refractivity contribution in [2.45, 2.75) is 10.3 Å². The van der Waals surface area contributed by atoms with E-state index in [2.05, 4.69) is 4.72 Å². The molecule has 1 atom stereocenters. The monoisotopic (exact) mass is 363 g/mol. The number of nitrogens with one attached hydrogen (secondary N) is 1. The molecule has 0 spiro atoms. The maximum Gasteiger partial charge on any atom is 0.240 e. The summed E-state index contributed by atoms with van der Waals surface area (Å²) in [6, 6.07) is 13.4. The molecule has 1 N–H and O–H groups in total. The van der Waals surface area contributed by atoms with E-state index in [4.69, 9.17) is 34.8 Å². The van der Waals surface area contributed by atoms with E-state index in [0.717, 1.165) is 5.56 Å². The van der Waals surface area contributed by atoms with Gasteiger partial charge in [0, 0.05) is 6.54 Å². The predicted octanol–water partition coefficient (Wildman–Crippen LogP) is 4.25. The van der Waals surface area contributed by atoms with Crippen LogP contribution >= 0.6 is 34.8 Å². The molecule has 0 bridgehead atoms. The van der Waals surface area contributed by atoms with Crippen LogP contribution in [0.25, 0.3) is 0 Å². The lowest BCUT2D eigenvalue weighted by molar-refractivity contribution is 0.581. The normalized spacial score (nSPS) is 13.1. The molecule has 7 heteroatoms. The third-order valence-electron chi connectivity index (χ3n) is 2.82. The fourth-order valence-corrected chi connectivity index (χ4v) is 3.44. The Morgan fingerprint density at radius 1 is 1.00 bits per heavy atom. The maximum atomic E-state index is 12.2. The zero-order valence-corrected chi connectivity index (χ0v) is 13.8. The van der Waals surface area contributed by atoms with E-state index >= 15 is 0 Å². The minimum absolute atomic E-state index is 0.0498. The van der Waals surface area contributed by atoms with Crippen molar-refractivity contribution in [1.82, 2.24) is 4.72 Å². The van der Waals surface area contributed by atoms with Crippen molar-refractivity contribution in [1.29, 1.82) is 0 Å². The minimum Gasteiger partial charge on any atom is -0.209 e. The second kappa shape index (κ2) is 6.99. The number of rotatable bonds is 5. The van der Waals surface area contributed by atoms with Crippen LogP contribution in [0.3, 0.4) is 0 Å². The summed E-state index contributed by atoms with van der Waals surface area (Å²) in [7, 11) is -3.68. The predicted molar refractivity (Wildman–Crippen MR) is 86.7 cm³/mol. The van der Waals surface area contributed by atoms with Crippen LogP contribution in [0.1, 0.15) is 10.9 Å². The van der Waals surface area contributed by atoms with E-state index in [0.29, 0.717) is 5.02 Å². The standard InChI is InChI=1S/C14H12Cl3NO2S/c15-12-7-6-11(8-13(12)16)21(19,20)18-9-14(17)10-4-2-1-3-5-10/h1-8,14,18H,9H2. The molecule has 0 fully saturated rings. The molecule has 0 radical (unpaired) electrons. The summed E-state index contributed by atoms with van der Waals surface area (Å²) in [5.74, 6) is 0. The molecule has 0 saturated heterocycles. The lowest BCUT2D eigenvalue weighted by atomic mass is 10.1. The summed E-state index contributed by atoms with van der Waals surface area (Å²) in [6.45, 7) is 0.0775. The summed E-state index contributed by atoms with van der Waals surface area (Å²) < 4.78 is 26.8. The average molecular weight is 365 g/mol. The summed E-state index contributed by atoms with van der Waals surface area (Å²) in [5.41, 5.74) is 0.844. The van der Waals surface area contributed by atoms with Crippen LogP contribution in [-0.4, -0.2) is 15.0 Å². The third kappa shape index (κ3) is 4.34. The molecular formula is C14H12Cl3NO2S. The van der Waals surface area contributed by atoms with Crippen molar-refractivity contribution in [2.75, 3.05) is 6.54 Å². The first-order valence-electron chi connectivity index (χ1n) is 6.04. The smallest absolute Gasteiger partial charge is 0.209 e. The molecule has 1 unspecified atom stereocenters. The van der Waals surface area contributed by atoms with Gasteiger partial charge < -0.3 is 0 Å². The lowest BCUT2D eigenvalue weighted by Crippen LogP contribution is -2.27. The van der Waals surface area contributed by atoms with E-state index in [9.17, 15) is 8.42 Å². The van der Waals surface area contributed by atoms with Gasteiger partial charge in [-0.2, -0.15) is 0 Å². The molecule has 0 aliphatic rings. The molecule has 3 nitrogen and oxygen atoms in total. The first-order chi connectivity index (χ1) is 9.90. The highest BCUT2D eigenvalue weighted by molar-refractivity contribution is 7.89. The molecule has 0 heterocycles. The van der Waals surface area contributed by atoms with Crippen molar-refractivity contribution in [3.8, 4) is 0 Å². The summed E-state index contributed by atoms with van der Waals surface area (Å²) in [6.07, 6.45) is 0. The Kier molecular flexibility index (Phi) is 5.52. The highest BCUT2D eigenvalue weighted by Crippen LogP contribution is 2.25. The number of sulfonamides is 1. The Hall–Kier alpha value is -0.780. The van der Waals surface area contributed by atoms with Gasteiger partial charge in [-0.25, -0.2) is 13.1 Å². The lowest BCUT2D eigenvalue weighted by Gasteiger charge is -2.12. The van der Waals surface area contributed by atoms with Crippen molar-refractivity contribution in [3.05, 3.63) is 64.1 Å². The fourth-order valence-electron chi connectivity index (χ4n) is 1.69. The highest BCUT2D eigenvalue weighted by atomic mass is 35.5. The maximum absolute atomic E-state index is 12.2. The molecule has 21 heavy (non-hydrogen) atoms. The van der Waals surface area contributed by atoms with Crippen LogP contribution in [0.15, 0.2) is 53.4 Å². The van der Waals surface area contributed by atoms with Crippen molar-refractivity contribution < 1.29 is 8.42 Å². The van der Waals surface area contributed by atoms with Crippen molar-refractivity contribution >= 4 is 44.8 Å². The molecule has 0 saturated carbocycles. The molecule has 2 aromatic rings. The van der Waals surface area contributed by atoms with Gasteiger partial charge in [-0.05, 0) is 23.8 Å². The van der Waals surface area contributed by atoms with Gasteiger partial charge in [0.1, 0.15) is 0 Å². The number of hydrogen-bond donors (Lipinski definition) is 1. The van der Waals surface area contributed by atoms with Gasteiger partial charge in [0.2, 0.25) is 10.0 Å². The van der Waals surface area contributed by atoms with Crippen LogP contribution in [0.2, 0.25) is 10.0 Å². The molecule has 0 amide bonds. The van der Waals surface area contributed by atoms with Crippen LogP contribution in [0.5, 0.6) is 0 Å². The van der Waals surface area contributed by atoms with Crippen LogP contribution in [0, 0.1) is 0 Å². The molecule has 0 aliphatic carbocycles. The Bertz CT molecular complexity index is 720. The molecule has 0 aliphatic heterocycles. The van der Waals surface area contributed by atoms with Gasteiger partial charge >= 0.3 is 0 Å². The van der Waals surface area contributed by atoms with E-state index < -0.39 is 15.4 Å². The van der Waals surface area contributed by atoms with Gasteiger partial charge in [0.15, 0.2) is 0 Å². The van der Waals surface area contributed by atoms with E-state index in [1.165, 1.54) is 18.2 Å². The van der Waals surface area contributed by atoms with Crippen LogP contribution < -0.4 is 4.72 Å². The SMILES string of the molecule is O=S(=O)(NCC(Cl)c1ccccc1)c1ccc(Cl)c(Cl)c1. The summed E-state index contributed by atoms with van der Waals surface area (Å²) >= 11 is 17.8. The first kappa shape index (κ1) is 16.6. The zero-order chi connectivity index (χ0) is 15.5. The van der Waals surface area contributed by atoms with Gasteiger partial charge in [0.05, 0.1) is 20.3 Å². The quantitative estimate of drug-likeness (QED) is 0.806.